The van der Waals surface area contributed by atoms with Gasteiger partial charge in [-0.2, -0.15) is 0 Å². The summed E-state index contributed by atoms with van der Waals surface area (Å²) >= 11 is 13.0. The molecule has 4 rings (SSSR count). The Balaban J connectivity index is 1.81. The Labute approximate surface area is 175 Å². The van der Waals surface area contributed by atoms with Gasteiger partial charge >= 0.3 is 0 Å². The van der Waals surface area contributed by atoms with Gasteiger partial charge in [-0.3, -0.25) is 14.9 Å². The molecule has 5 nitrogen and oxygen atoms in total. The van der Waals surface area contributed by atoms with E-state index in [4.69, 9.17) is 27.9 Å². The van der Waals surface area contributed by atoms with E-state index in [9.17, 15) is 9.59 Å². The monoisotopic (exact) mass is 432 g/mol. The second-order valence-corrected chi connectivity index (χ2v) is 8.03. The van der Waals surface area contributed by atoms with Gasteiger partial charge in [-0.05, 0) is 53.7 Å². The molecule has 142 valence electrons. The summed E-state index contributed by atoms with van der Waals surface area (Å²) in [7, 11) is 1.60. The Bertz CT molecular complexity index is 1150. The third-order valence-electron chi connectivity index (χ3n) is 4.38. The highest BCUT2D eigenvalue weighted by molar-refractivity contribution is 8.18. The van der Waals surface area contributed by atoms with Crippen LogP contribution in [0.2, 0.25) is 10.0 Å². The normalized spacial score (nSPS) is 15.5. The molecule has 1 saturated heterocycles. The fourth-order valence-corrected chi connectivity index (χ4v) is 4.07. The zero-order chi connectivity index (χ0) is 19.8. The standard InChI is InChI=1S/C20H14Cl2N2O3S/c1-27-13-3-5-17-14(8-13)12(7-18-19(25)23-20(26)28-18)10-24(17)9-11-2-4-15(21)16(22)6-11/h2-8,10H,9H2,1H3,(H,23,25,26)/b18-7+. The van der Waals surface area contributed by atoms with Crippen molar-refractivity contribution in [3.8, 4) is 5.75 Å². The number of rotatable bonds is 4. The summed E-state index contributed by atoms with van der Waals surface area (Å²) in [6.45, 7) is 0.571. The van der Waals surface area contributed by atoms with Crippen LogP contribution in [0.5, 0.6) is 5.75 Å². The summed E-state index contributed by atoms with van der Waals surface area (Å²) in [5.41, 5.74) is 2.78. The molecule has 28 heavy (non-hydrogen) atoms. The maximum Gasteiger partial charge on any atom is 0.290 e. The van der Waals surface area contributed by atoms with Gasteiger partial charge in [0.1, 0.15) is 5.75 Å². The van der Waals surface area contributed by atoms with Crippen LogP contribution in [0.3, 0.4) is 0 Å². The molecule has 1 fully saturated rings. The van der Waals surface area contributed by atoms with Crippen molar-refractivity contribution >= 4 is 63.1 Å². The highest BCUT2D eigenvalue weighted by Crippen LogP contribution is 2.32. The number of hydrogen-bond donors (Lipinski definition) is 1. The quantitative estimate of drug-likeness (QED) is 0.565. The number of halogens is 2. The first-order valence-corrected chi connectivity index (χ1v) is 9.87. The van der Waals surface area contributed by atoms with Gasteiger partial charge in [-0.25, -0.2) is 0 Å². The second kappa shape index (κ2) is 7.54. The lowest BCUT2D eigenvalue weighted by molar-refractivity contribution is -0.115. The van der Waals surface area contributed by atoms with E-state index in [-0.39, 0.29) is 11.1 Å². The topological polar surface area (TPSA) is 60.3 Å². The van der Waals surface area contributed by atoms with Crippen molar-refractivity contribution in [3.63, 3.8) is 0 Å². The molecule has 1 N–H and O–H groups in total. The molecule has 0 saturated carbocycles. The van der Waals surface area contributed by atoms with Crippen molar-refractivity contribution in [1.82, 2.24) is 9.88 Å². The SMILES string of the molecule is COc1ccc2c(c1)c(/C=C1/SC(=O)NC1=O)cn2Cc1ccc(Cl)c(Cl)c1. The van der Waals surface area contributed by atoms with Crippen LogP contribution < -0.4 is 10.1 Å². The Morgan fingerprint density at radius 2 is 1.96 bits per heavy atom. The molecule has 2 heterocycles. The number of nitrogens with zero attached hydrogens (tertiary/aromatic N) is 1. The zero-order valence-corrected chi connectivity index (χ0v) is 17.0. The van der Waals surface area contributed by atoms with Crippen LogP contribution in [0, 0.1) is 0 Å². The average Bonchev–Trinajstić information content (AvgIpc) is 3.17. The zero-order valence-electron chi connectivity index (χ0n) is 14.7. The number of hydrogen-bond acceptors (Lipinski definition) is 4. The molecule has 0 aliphatic carbocycles. The van der Waals surface area contributed by atoms with Crippen LogP contribution in [0.25, 0.3) is 17.0 Å². The fourth-order valence-electron chi connectivity index (χ4n) is 3.07. The van der Waals surface area contributed by atoms with Crippen LogP contribution >= 0.6 is 35.0 Å². The maximum atomic E-state index is 11.9. The van der Waals surface area contributed by atoms with E-state index in [2.05, 4.69) is 9.88 Å². The van der Waals surface area contributed by atoms with Crippen molar-refractivity contribution in [2.75, 3.05) is 7.11 Å². The van der Waals surface area contributed by atoms with Gasteiger partial charge in [-0.15, -0.1) is 0 Å². The third-order valence-corrected chi connectivity index (χ3v) is 5.93. The van der Waals surface area contributed by atoms with E-state index in [0.29, 0.717) is 27.2 Å². The van der Waals surface area contributed by atoms with E-state index in [0.717, 1.165) is 33.8 Å². The minimum absolute atomic E-state index is 0.362. The second-order valence-electron chi connectivity index (χ2n) is 6.20. The first-order valence-electron chi connectivity index (χ1n) is 8.30. The molecule has 0 unspecified atom stereocenters. The number of benzene rings is 2. The number of imide groups is 1. The number of carbonyl (C=O) groups excluding carboxylic acids is 2. The summed E-state index contributed by atoms with van der Waals surface area (Å²) < 4.78 is 7.40. The Kier molecular flexibility index (Phi) is 5.10. The van der Waals surface area contributed by atoms with E-state index in [1.807, 2.05) is 36.5 Å². The molecule has 2 aromatic carbocycles. The Hall–Kier alpha value is -2.41. The molecule has 1 aliphatic heterocycles. The third kappa shape index (κ3) is 3.63. The number of thioether (sulfide) groups is 1. The molecule has 8 heteroatoms. The minimum Gasteiger partial charge on any atom is -0.497 e. The van der Waals surface area contributed by atoms with Crippen molar-refractivity contribution in [2.45, 2.75) is 6.54 Å². The molecular weight excluding hydrogens is 419 g/mol. The Morgan fingerprint density at radius 1 is 1.14 bits per heavy atom. The number of aromatic nitrogens is 1. The highest BCUT2D eigenvalue weighted by Gasteiger charge is 2.25. The lowest BCUT2D eigenvalue weighted by atomic mass is 10.1. The van der Waals surface area contributed by atoms with Gasteiger partial charge in [0.05, 0.1) is 22.1 Å². The summed E-state index contributed by atoms with van der Waals surface area (Å²) in [6, 6.07) is 11.3. The van der Waals surface area contributed by atoms with Gasteiger partial charge in [0.25, 0.3) is 11.1 Å². The highest BCUT2D eigenvalue weighted by atomic mass is 35.5. The molecular formula is C20H14Cl2N2O3S. The van der Waals surface area contributed by atoms with E-state index in [1.54, 1.807) is 19.3 Å². The van der Waals surface area contributed by atoms with Gasteiger partial charge < -0.3 is 9.30 Å². The molecule has 1 aromatic heterocycles. The predicted molar refractivity (Wildman–Crippen MR) is 113 cm³/mol. The summed E-state index contributed by atoms with van der Waals surface area (Å²) in [5.74, 6) is 0.322. The van der Waals surface area contributed by atoms with E-state index >= 15 is 0 Å². The van der Waals surface area contributed by atoms with Gasteiger partial charge in [0, 0.05) is 29.2 Å². The summed E-state index contributed by atoms with van der Waals surface area (Å²) in [4.78, 5) is 23.8. The van der Waals surface area contributed by atoms with Gasteiger partial charge in [-0.1, -0.05) is 29.3 Å². The number of methoxy groups -OCH3 is 1. The molecule has 3 aromatic rings. The van der Waals surface area contributed by atoms with Crippen molar-refractivity contribution in [1.29, 1.82) is 0 Å². The minimum atomic E-state index is -0.386. The number of ether oxygens (including phenoxy) is 1. The number of nitrogens with one attached hydrogen (secondary N) is 1. The van der Waals surface area contributed by atoms with Crippen LogP contribution in [0.4, 0.5) is 4.79 Å². The average molecular weight is 433 g/mol. The van der Waals surface area contributed by atoms with Crippen molar-refractivity contribution < 1.29 is 14.3 Å². The maximum absolute atomic E-state index is 11.9. The van der Waals surface area contributed by atoms with Crippen LogP contribution in [0.1, 0.15) is 11.1 Å². The molecule has 0 atom stereocenters. The van der Waals surface area contributed by atoms with E-state index < -0.39 is 0 Å². The van der Waals surface area contributed by atoms with Crippen LogP contribution in [-0.4, -0.2) is 22.8 Å². The molecule has 2 amide bonds. The smallest absolute Gasteiger partial charge is 0.290 e. The number of fused-ring (bicyclic) bond motifs is 1. The first kappa shape index (κ1) is 18.9. The molecule has 1 aliphatic rings. The first-order chi connectivity index (χ1) is 13.4. The number of amides is 2. The lowest BCUT2D eigenvalue weighted by Gasteiger charge is -2.07. The fraction of sp³-hybridized carbons (Fsp3) is 0.100. The summed E-state index contributed by atoms with van der Waals surface area (Å²) in [5, 5.41) is 3.83. The molecule has 0 spiro atoms. The molecule has 0 bridgehead atoms. The van der Waals surface area contributed by atoms with Gasteiger partial charge in [0.2, 0.25) is 0 Å². The lowest BCUT2D eigenvalue weighted by Crippen LogP contribution is -2.17. The summed E-state index contributed by atoms with van der Waals surface area (Å²) in [6.07, 6.45) is 3.66. The number of carbonyl (C=O) groups is 2. The molecule has 0 radical (unpaired) electrons. The Morgan fingerprint density at radius 3 is 2.64 bits per heavy atom. The van der Waals surface area contributed by atoms with Gasteiger partial charge in [0.15, 0.2) is 0 Å². The van der Waals surface area contributed by atoms with Crippen molar-refractivity contribution in [3.05, 3.63) is 68.7 Å². The van der Waals surface area contributed by atoms with Crippen LogP contribution in [0.15, 0.2) is 47.5 Å². The van der Waals surface area contributed by atoms with Crippen molar-refractivity contribution in [2.24, 2.45) is 0 Å². The largest absolute Gasteiger partial charge is 0.497 e. The van der Waals surface area contributed by atoms with Crippen LogP contribution in [-0.2, 0) is 11.3 Å². The predicted octanol–water partition coefficient (Wildman–Crippen LogP) is 5.33. The van der Waals surface area contributed by atoms with E-state index in [1.165, 1.54) is 0 Å².